The van der Waals surface area contributed by atoms with Crippen LogP contribution in [0.15, 0.2) is 41.3 Å². The molecule has 2 aliphatic rings. The Kier molecular flexibility index (Phi) is 7.33. The Morgan fingerprint density at radius 1 is 1.08 bits per heavy atom. The lowest BCUT2D eigenvalue weighted by atomic mass is 10.1. The molecule has 37 heavy (non-hydrogen) atoms. The van der Waals surface area contributed by atoms with Gasteiger partial charge in [-0.2, -0.15) is 18.2 Å². The van der Waals surface area contributed by atoms with Crippen LogP contribution in [0.2, 0.25) is 0 Å². The molecule has 1 saturated carbocycles. The molecule has 5 rings (SSSR count). The molecule has 2 aromatic heterocycles. The van der Waals surface area contributed by atoms with Crippen molar-refractivity contribution in [2.24, 2.45) is 5.92 Å². The highest BCUT2D eigenvalue weighted by Gasteiger charge is 2.30. The standard InChI is InChI=1S/C27H29F3N6O/c28-27(29,30)17-36-24-20(14-19(25(36)37)8-7-18-4-1-2-5-18)15-32-26(35-24)34-22-11-9-21(10-12-22)33-23-6-3-13-31-16-23/h9-12,14-15,18,23,31,33H,1-6,13,16-17H2,(H,32,34,35). The van der Waals surface area contributed by atoms with Crippen molar-refractivity contribution in [3.63, 3.8) is 0 Å². The van der Waals surface area contributed by atoms with E-state index in [0.717, 1.165) is 57.3 Å². The molecule has 0 radical (unpaired) electrons. The number of hydrogen-bond acceptors (Lipinski definition) is 6. The molecule has 1 aromatic carbocycles. The van der Waals surface area contributed by atoms with Gasteiger partial charge in [-0.25, -0.2) is 4.98 Å². The normalized spacial score (nSPS) is 18.4. The van der Waals surface area contributed by atoms with Crippen molar-refractivity contribution in [2.75, 3.05) is 23.7 Å². The molecule has 0 bridgehead atoms. The fraction of sp³-hybridized carbons (Fsp3) is 0.444. The lowest BCUT2D eigenvalue weighted by molar-refractivity contribution is -0.140. The van der Waals surface area contributed by atoms with Gasteiger partial charge in [0, 0.05) is 41.5 Å². The molecular weight excluding hydrogens is 481 g/mol. The average molecular weight is 511 g/mol. The van der Waals surface area contributed by atoms with Crippen molar-refractivity contribution in [3.05, 3.63) is 52.4 Å². The molecule has 2 fully saturated rings. The Labute approximate surface area is 212 Å². The largest absolute Gasteiger partial charge is 0.406 e. The van der Waals surface area contributed by atoms with Crippen molar-refractivity contribution < 1.29 is 13.2 Å². The first kappa shape index (κ1) is 25.1. The first-order chi connectivity index (χ1) is 17.8. The topological polar surface area (TPSA) is 83.9 Å². The number of nitrogens with one attached hydrogen (secondary N) is 3. The molecule has 1 saturated heterocycles. The Morgan fingerprint density at radius 3 is 2.54 bits per heavy atom. The lowest BCUT2D eigenvalue weighted by Gasteiger charge is -2.24. The van der Waals surface area contributed by atoms with Crippen LogP contribution < -0.4 is 21.5 Å². The summed E-state index contributed by atoms with van der Waals surface area (Å²) in [6.45, 7) is 0.505. The van der Waals surface area contributed by atoms with Crippen molar-refractivity contribution in [2.45, 2.75) is 57.3 Å². The second-order valence-electron chi connectivity index (χ2n) is 9.68. The molecule has 7 nitrogen and oxygen atoms in total. The molecule has 194 valence electrons. The van der Waals surface area contributed by atoms with E-state index in [1.54, 1.807) is 0 Å². The maximum Gasteiger partial charge on any atom is 0.406 e. The lowest BCUT2D eigenvalue weighted by Crippen LogP contribution is -2.38. The highest BCUT2D eigenvalue weighted by atomic mass is 19.4. The van der Waals surface area contributed by atoms with E-state index in [0.29, 0.717) is 21.7 Å². The van der Waals surface area contributed by atoms with E-state index in [-0.39, 0.29) is 23.1 Å². The predicted molar refractivity (Wildman–Crippen MR) is 138 cm³/mol. The molecule has 1 aliphatic carbocycles. The van der Waals surface area contributed by atoms with Crippen LogP contribution in [0, 0.1) is 17.8 Å². The van der Waals surface area contributed by atoms with Gasteiger partial charge in [0.15, 0.2) is 0 Å². The van der Waals surface area contributed by atoms with Crippen LogP contribution in [-0.4, -0.2) is 39.8 Å². The van der Waals surface area contributed by atoms with Gasteiger partial charge >= 0.3 is 6.18 Å². The van der Waals surface area contributed by atoms with Gasteiger partial charge in [0.25, 0.3) is 5.56 Å². The Bertz CT molecular complexity index is 1360. The summed E-state index contributed by atoms with van der Waals surface area (Å²) in [7, 11) is 0. The van der Waals surface area contributed by atoms with Gasteiger partial charge < -0.3 is 16.0 Å². The molecule has 0 amide bonds. The van der Waals surface area contributed by atoms with Gasteiger partial charge in [0.1, 0.15) is 12.2 Å². The zero-order valence-electron chi connectivity index (χ0n) is 20.4. The highest BCUT2D eigenvalue weighted by Crippen LogP contribution is 2.25. The van der Waals surface area contributed by atoms with Crippen LogP contribution in [0.4, 0.5) is 30.5 Å². The van der Waals surface area contributed by atoms with Crippen LogP contribution in [0.5, 0.6) is 0 Å². The number of fused-ring (bicyclic) bond motifs is 1. The van der Waals surface area contributed by atoms with Crippen molar-refractivity contribution in [1.29, 1.82) is 0 Å². The van der Waals surface area contributed by atoms with Gasteiger partial charge in [-0.15, -0.1) is 0 Å². The fourth-order valence-electron chi connectivity index (χ4n) is 4.87. The second kappa shape index (κ2) is 10.8. The first-order valence-corrected chi connectivity index (χ1v) is 12.7. The third-order valence-electron chi connectivity index (χ3n) is 6.74. The summed E-state index contributed by atoms with van der Waals surface area (Å²) in [5, 5.41) is 10.2. The number of halogens is 3. The second-order valence-corrected chi connectivity index (χ2v) is 9.68. The smallest absolute Gasteiger partial charge is 0.381 e. The van der Waals surface area contributed by atoms with Crippen LogP contribution in [0.25, 0.3) is 11.0 Å². The van der Waals surface area contributed by atoms with Crippen LogP contribution >= 0.6 is 0 Å². The summed E-state index contributed by atoms with van der Waals surface area (Å²) < 4.78 is 40.8. The average Bonchev–Trinajstić information content (AvgIpc) is 3.40. The van der Waals surface area contributed by atoms with E-state index in [1.807, 2.05) is 24.3 Å². The quantitative estimate of drug-likeness (QED) is 0.428. The number of anilines is 3. The first-order valence-electron chi connectivity index (χ1n) is 12.7. The van der Waals surface area contributed by atoms with Crippen LogP contribution in [0.3, 0.4) is 0 Å². The van der Waals surface area contributed by atoms with Crippen LogP contribution in [0.1, 0.15) is 44.1 Å². The minimum absolute atomic E-state index is 0.0317. The van der Waals surface area contributed by atoms with Gasteiger partial charge in [0.2, 0.25) is 5.95 Å². The predicted octanol–water partition coefficient (Wildman–Crippen LogP) is 4.80. The summed E-state index contributed by atoms with van der Waals surface area (Å²) in [4.78, 5) is 21.6. The molecule has 3 N–H and O–H groups in total. The summed E-state index contributed by atoms with van der Waals surface area (Å²) >= 11 is 0. The van der Waals surface area contributed by atoms with Crippen molar-refractivity contribution in [3.8, 4) is 11.8 Å². The number of hydrogen-bond donors (Lipinski definition) is 3. The zero-order valence-corrected chi connectivity index (χ0v) is 20.4. The Hall–Kier alpha value is -3.58. The number of nitrogens with zero attached hydrogens (tertiary/aromatic N) is 3. The summed E-state index contributed by atoms with van der Waals surface area (Å²) in [5.41, 5.74) is 0.797. The summed E-state index contributed by atoms with van der Waals surface area (Å²) in [6.07, 6.45) is 3.12. The van der Waals surface area contributed by atoms with E-state index in [9.17, 15) is 18.0 Å². The van der Waals surface area contributed by atoms with E-state index in [1.165, 1.54) is 12.3 Å². The Morgan fingerprint density at radius 2 is 1.84 bits per heavy atom. The molecule has 0 spiro atoms. The number of alkyl halides is 3. The molecule has 1 unspecified atom stereocenters. The number of rotatable bonds is 5. The monoisotopic (exact) mass is 510 g/mol. The van der Waals surface area contributed by atoms with Gasteiger partial charge in [-0.3, -0.25) is 9.36 Å². The minimum Gasteiger partial charge on any atom is -0.381 e. The SMILES string of the molecule is O=c1c(C#CC2CCCC2)cc2cnc(Nc3ccc(NC4CCCNC4)cc3)nc2n1CC(F)(F)F. The Balaban J connectivity index is 1.40. The number of benzene rings is 1. The van der Waals surface area contributed by atoms with Crippen molar-refractivity contribution >= 4 is 28.4 Å². The third-order valence-corrected chi connectivity index (χ3v) is 6.74. The molecular formula is C27H29F3N6O. The van der Waals surface area contributed by atoms with E-state index >= 15 is 0 Å². The molecule has 1 atom stereocenters. The van der Waals surface area contributed by atoms with E-state index in [4.69, 9.17) is 0 Å². The molecule has 1 aliphatic heterocycles. The van der Waals surface area contributed by atoms with Gasteiger partial charge in [-0.05, 0) is 62.6 Å². The number of aromatic nitrogens is 3. The van der Waals surface area contributed by atoms with E-state index < -0.39 is 18.3 Å². The maximum atomic E-state index is 13.4. The molecule has 3 aromatic rings. The van der Waals surface area contributed by atoms with Crippen LogP contribution in [-0.2, 0) is 6.54 Å². The summed E-state index contributed by atoms with van der Waals surface area (Å²) in [5.74, 6) is 6.17. The van der Waals surface area contributed by atoms with Gasteiger partial charge in [-0.1, -0.05) is 24.7 Å². The fourth-order valence-corrected chi connectivity index (χ4v) is 4.87. The number of pyridine rings is 1. The third kappa shape index (κ3) is 6.41. The number of piperidine rings is 1. The maximum absolute atomic E-state index is 13.4. The minimum atomic E-state index is -4.59. The van der Waals surface area contributed by atoms with E-state index in [2.05, 4.69) is 37.8 Å². The zero-order chi connectivity index (χ0) is 25.8. The van der Waals surface area contributed by atoms with Gasteiger partial charge in [0.05, 0.1) is 5.56 Å². The highest BCUT2D eigenvalue weighted by molar-refractivity contribution is 5.77. The summed E-state index contributed by atoms with van der Waals surface area (Å²) in [6, 6.07) is 9.39. The van der Waals surface area contributed by atoms with Crippen molar-refractivity contribution in [1.82, 2.24) is 19.9 Å². The molecule has 3 heterocycles. The molecule has 10 heteroatoms.